The van der Waals surface area contributed by atoms with Crippen LogP contribution >= 0.6 is 0 Å². The zero-order chi connectivity index (χ0) is 17.8. The first-order chi connectivity index (χ1) is 12.6. The number of anilines is 1. The highest BCUT2D eigenvalue weighted by Crippen LogP contribution is 2.41. The Bertz CT molecular complexity index is 865. The van der Waals surface area contributed by atoms with Crippen molar-refractivity contribution >= 4 is 11.7 Å². The molecule has 1 fully saturated rings. The van der Waals surface area contributed by atoms with E-state index in [1.807, 2.05) is 11.8 Å². The summed E-state index contributed by atoms with van der Waals surface area (Å²) < 4.78 is 0. The minimum Gasteiger partial charge on any atom is -0.356 e. The molecule has 26 heavy (non-hydrogen) atoms. The SMILES string of the molecule is Cc1nc2c(c(N3CCC3)n1)C(C)N(C(=O)C1Cc3ccccc3C1)C2. The molecule has 1 saturated heterocycles. The predicted octanol–water partition coefficient (Wildman–Crippen LogP) is 2.81. The summed E-state index contributed by atoms with van der Waals surface area (Å²) in [6.07, 6.45) is 2.94. The largest absolute Gasteiger partial charge is 0.356 e. The van der Waals surface area contributed by atoms with E-state index in [0.29, 0.717) is 6.54 Å². The van der Waals surface area contributed by atoms with Gasteiger partial charge in [0.15, 0.2) is 0 Å². The number of nitrogens with zero attached hydrogens (tertiary/aromatic N) is 4. The summed E-state index contributed by atoms with van der Waals surface area (Å²) in [7, 11) is 0. The highest BCUT2D eigenvalue weighted by Gasteiger charge is 2.40. The summed E-state index contributed by atoms with van der Waals surface area (Å²) in [5, 5.41) is 0. The van der Waals surface area contributed by atoms with Crippen LogP contribution in [0.3, 0.4) is 0 Å². The molecule has 2 aromatic rings. The lowest BCUT2D eigenvalue weighted by Gasteiger charge is -2.34. The first kappa shape index (κ1) is 15.8. The molecule has 5 nitrogen and oxygen atoms in total. The van der Waals surface area contributed by atoms with Gasteiger partial charge in [-0.1, -0.05) is 24.3 Å². The number of carbonyl (C=O) groups excluding carboxylic acids is 1. The van der Waals surface area contributed by atoms with E-state index in [4.69, 9.17) is 4.98 Å². The summed E-state index contributed by atoms with van der Waals surface area (Å²) >= 11 is 0. The second-order valence-electron chi connectivity index (χ2n) is 7.81. The second-order valence-corrected chi connectivity index (χ2v) is 7.81. The van der Waals surface area contributed by atoms with Crippen molar-refractivity contribution in [2.24, 2.45) is 5.92 Å². The van der Waals surface area contributed by atoms with Crippen molar-refractivity contribution in [2.45, 2.75) is 45.7 Å². The minimum absolute atomic E-state index is 0.0532. The monoisotopic (exact) mass is 348 g/mol. The van der Waals surface area contributed by atoms with Crippen molar-refractivity contribution in [1.82, 2.24) is 14.9 Å². The van der Waals surface area contributed by atoms with Crippen LogP contribution in [0.25, 0.3) is 0 Å². The number of hydrogen-bond acceptors (Lipinski definition) is 4. The quantitative estimate of drug-likeness (QED) is 0.837. The number of aromatic nitrogens is 2. The zero-order valence-corrected chi connectivity index (χ0v) is 15.4. The average Bonchev–Trinajstić information content (AvgIpc) is 3.14. The fourth-order valence-corrected chi connectivity index (χ4v) is 4.63. The molecule has 1 amide bonds. The fourth-order valence-electron chi connectivity index (χ4n) is 4.63. The highest BCUT2D eigenvalue weighted by molar-refractivity contribution is 5.82. The molecule has 134 valence electrons. The standard InChI is InChI=1S/C21H24N4O/c1-13-19-18(22-14(2)23-20(19)24-8-5-9-24)12-25(13)21(26)17-10-15-6-3-4-7-16(15)11-17/h3-4,6-7,13,17H,5,8-12H2,1-2H3. The number of carbonyl (C=O) groups is 1. The van der Waals surface area contributed by atoms with E-state index in [2.05, 4.69) is 41.1 Å². The predicted molar refractivity (Wildman–Crippen MR) is 99.9 cm³/mol. The van der Waals surface area contributed by atoms with Gasteiger partial charge < -0.3 is 9.80 Å². The van der Waals surface area contributed by atoms with Gasteiger partial charge in [-0.2, -0.15) is 0 Å². The van der Waals surface area contributed by atoms with E-state index < -0.39 is 0 Å². The van der Waals surface area contributed by atoms with Crippen molar-refractivity contribution < 1.29 is 4.79 Å². The van der Waals surface area contributed by atoms with Gasteiger partial charge in [-0.05, 0) is 44.2 Å². The fraction of sp³-hybridized carbons (Fsp3) is 0.476. The van der Waals surface area contributed by atoms with Crippen LogP contribution in [0.1, 0.15) is 47.6 Å². The first-order valence-electron chi connectivity index (χ1n) is 9.61. The van der Waals surface area contributed by atoms with Gasteiger partial charge in [0, 0.05) is 24.6 Å². The van der Waals surface area contributed by atoms with Crippen LogP contribution < -0.4 is 4.90 Å². The van der Waals surface area contributed by atoms with Crippen molar-refractivity contribution in [1.29, 1.82) is 0 Å². The average molecular weight is 348 g/mol. The van der Waals surface area contributed by atoms with Crippen molar-refractivity contribution in [2.75, 3.05) is 18.0 Å². The van der Waals surface area contributed by atoms with Gasteiger partial charge in [0.2, 0.25) is 5.91 Å². The van der Waals surface area contributed by atoms with Gasteiger partial charge in [-0.25, -0.2) is 9.97 Å². The number of fused-ring (bicyclic) bond motifs is 2. The number of aryl methyl sites for hydroxylation is 1. The van der Waals surface area contributed by atoms with E-state index in [0.717, 1.165) is 43.3 Å². The van der Waals surface area contributed by atoms with Crippen LogP contribution in [-0.4, -0.2) is 33.9 Å². The molecule has 0 bridgehead atoms. The molecule has 0 N–H and O–H groups in total. The molecular formula is C21H24N4O. The third-order valence-electron chi connectivity index (χ3n) is 6.16. The number of hydrogen-bond donors (Lipinski definition) is 0. The van der Waals surface area contributed by atoms with Crippen LogP contribution in [-0.2, 0) is 24.2 Å². The smallest absolute Gasteiger partial charge is 0.227 e. The number of rotatable bonds is 2. The molecule has 1 aromatic carbocycles. The Balaban J connectivity index is 1.42. The highest BCUT2D eigenvalue weighted by atomic mass is 16.2. The molecule has 1 aromatic heterocycles. The lowest BCUT2D eigenvalue weighted by Crippen LogP contribution is -2.39. The minimum atomic E-state index is 0.0532. The summed E-state index contributed by atoms with van der Waals surface area (Å²) in [5.74, 6) is 2.18. The van der Waals surface area contributed by atoms with E-state index in [-0.39, 0.29) is 17.9 Å². The van der Waals surface area contributed by atoms with Crippen molar-refractivity contribution in [3.05, 3.63) is 52.5 Å². The van der Waals surface area contributed by atoms with Gasteiger partial charge in [-0.15, -0.1) is 0 Å². The van der Waals surface area contributed by atoms with E-state index >= 15 is 0 Å². The van der Waals surface area contributed by atoms with E-state index in [9.17, 15) is 4.79 Å². The Labute approximate surface area is 154 Å². The molecule has 1 atom stereocenters. The van der Waals surface area contributed by atoms with E-state index in [1.54, 1.807) is 0 Å². The Hall–Kier alpha value is -2.43. The molecule has 2 aliphatic heterocycles. The maximum absolute atomic E-state index is 13.3. The molecular weight excluding hydrogens is 324 g/mol. The van der Waals surface area contributed by atoms with Crippen molar-refractivity contribution in [3.63, 3.8) is 0 Å². The Morgan fingerprint density at radius 3 is 2.42 bits per heavy atom. The normalized spacial score (nSPS) is 21.5. The molecule has 0 saturated carbocycles. The molecule has 3 aliphatic rings. The summed E-state index contributed by atoms with van der Waals surface area (Å²) in [6, 6.07) is 8.50. The Morgan fingerprint density at radius 1 is 1.12 bits per heavy atom. The molecule has 5 heteroatoms. The molecule has 1 aliphatic carbocycles. The van der Waals surface area contributed by atoms with Crippen LogP contribution in [0.15, 0.2) is 24.3 Å². The lowest BCUT2D eigenvalue weighted by molar-refractivity contribution is -0.137. The number of benzene rings is 1. The van der Waals surface area contributed by atoms with E-state index in [1.165, 1.54) is 23.1 Å². The molecule has 0 spiro atoms. The third-order valence-corrected chi connectivity index (χ3v) is 6.16. The summed E-state index contributed by atoms with van der Waals surface area (Å²) in [6.45, 7) is 6.81. The molecule has 1 unspecified atom stereocenters. The summed E-state index contributed by atoms with van der Waals surface area (Å²) in [4.78, 5) is 27.0. The van der Waals surface area contributed by atoms with Crippen LogP contribution in [0, 0.1) is 12.8 Å². The van der Waals surface area contributed by atoms with Crippen LogP contribution in [0.5, 0.6) is 0 Å². The lowest BCUT2D eigenvalue weighted by atomic mass is 10.0. The topological polar surface area (TPSA) is 49.3 Å². The van der Waals surface area contributed by atoms with Gasteiger partial charge in [0.25, 0.3) is 0 Å². The van der Waals surface area contributed by atoms with Crippen LogP contribution in [0.2, 0.25) is 0 Å². The molecule has 3 heterocycles. The van der Waals surface area contributed by atoms with Gasteiger partial charge >= 0.3 is 0 Å². The maximum Gasteiger partial charge on any atom is 0.227 e. The third kappa shape index (κ3) is 2.33. The van der Waals surface area contributed by atoms with Crippen LogP contribution in [0.4, 0.5) is 5.82 Å². The second kappa shape index (κ2) is 5.79. The number of amides is 1. The van der Waals surface area contributed by atoms with Gasteiger partial charge in [-0.3, -0.25) is 4.79 Å². The Morgan fingerprint density at radius 2 is 1.81 bits per heavy atom. The molecule has 5 rings (SSSR count). The zero-order valence-electron chi connectivity index (χ0n) is 15.4. The first-order valence-corrected chi connectivity index (χ1v) is 9.61. The summed E-state index contributed by atoms with van der Waals surface area (Å²) in [5.41, 5.74) is 4.86. The van der Waals surface area contributed by atoms with Crippen molar-refractivity contribution in [3.8, 4) is 0 Å². The molecule has 0 radical (unpaired) electrons. The van der Waals surface area contributed by atoms with Gasteiger partial charge in [0.1, 0.15) is 11.6 Å². The Kier molecular flexibility index (Phi) is 3.52. The van der Waals surface area contributed by atoms with Gasteiger partial charge in [0.05, 0.1) is 18.3 Å². The maximum atomic E-state index is 13.3.